The van der Waals surface area contributed by atoms with Crippen LogP contribution in [-0.4, -0.2) is 12.1 Å². The zero-order valence-electron chi connectivity index (χ0n) is 9.89. The van der Waals surface area contributed by atoms with Gasteiger partial charge in [-0.2, -0.15) is 0 Å². The number of nitrogens with two attached hydrogens (primary N) is 1. The van der Waals surface area contributed by atoms with Gasteiger partial charge in [0.05, 0.1) is 12.1 Å². The molecule has 0 aliphatic rings. The van der Waals surface area contributed by atoms with Gasteiger partial charge in [-0.05, 0) is 29.8 Å². The van der Waals surface area contributed by atoms with E-state index in [0.717, 1.165) is 21.2 Å². The van der Waals surface area contributed by atoms with E-state index in [1.165, 1.54) is 11.8 Å². The van der Waals surface area contributed by atoms with Crippen molar-refractivity contribution in [1.29, 1.82) is 0 Å². The van der Waals surface area contributed by atoms with Crippen LogP contribution < -0.4 is 10.5 Å². The molecular weight excluding hydrogens is 268 g/mol. The summed E-state index contributed by atoms with van der Waals surface area (Å²) in [5.74, 6) is 0.793. The van der Waals surface area contributed by atoms with Crippen LogP contribution in [0.1, 0.15) is 5.56 Å². The molecule has 1 heterocycles. The van der Waals surface area contributed by atoms with Gasteiger partial charge in [0.25, 0.3) is 0 Å². The minimum atomic E-state index is 0.469. The van der Waals surface area contributed by atoms with Crippen LogP contribution in [0.2, 0.25) is 5.02 Å². The fourth-order valence-electron chi connectivity index (χ4n) is 1.48. The number of halogens is 1. The molecule has 3 nitrogen and oxygen atoms in total. The molecule has 0 aliphatic carbocycles. The van der Waals surface area contributed by atoms with Crippen LogP contribution in [0, 0.1) is 0 Å². The number of benzene rings is 1. The minimum Gasteiger partial charge on any atom is -0.497 e. The molecule has 0 saturated heterocycles. The fraction of sp³-hybridized carbons (Fsp3) is 0.154. The van der Waals surface area contributed by atoms with E-state index in [0.29, 0.717) is 11.6 Å². The molecule has 2 rings (SSSR count). The van der Waals surface area contributed by atoms with Gasteiger partial charge in [-0.1, -0.05) is 29.4 Å². The van der Waals surface area contributed by atoms with Crippen molar-refractivity contribution in [2.75, 3.05) is 7.11 Å². The number of nitrogens with zero attached hydrogens (tertiary/aromatic N) is 1. The average molecular weight is 281 g/mol. The molecule has 5 heteroatoms. The first-order valence-corrected chi connectivity index (χ1v) is 6.59. The summed E-state index contributed by atoms with van der Waals surface area (Å²) in [6.45, 7) is 0.469. The molecule has 1 aromatic carbocycles. The lowest BCUT2D eigenvalue weighted by atomic mass is 10.2. The van der Waals surface area contributed by atoms with E-state index in [2.05, 4.69) is 4.98 Å². The first kappa shape index (κ1) is 13.2. The van der Waals surface area contributed by atoms with Gasteiger partial charge in [-0.15, -0.1) is 0 Å². The fourth-order valence-corrected chi connectivity index (χ4v) is 2.66. The molecular formula is C13H13ClN2OS. The zero-order chi connectivity index (χ0) is 13.0. The van der Waals surface area contributed by atoms with E-state index < -0.39 is 0 Å². The Morgan fingerprint density at radius 3 is 2.89 bits per heavy atom. The van der Waals surface area contributed by atoms with Crippen molar-refractivity contribution in [1.82, 2.24) is 4.98 Å². The van der Waals surface area contributed by atoms with Crippen LogP contribution >= 0.6 is 23.4 Å². The van der Waals surface area contributed by atoms with E-state index in [1.807, 2.05) is 30.3 Å². The molecule has 2 aromatic rings. The molecule has 18 heavy (non-hydrogen) atoms. The molecule has 94 valence electrons. The summed E-state index contributed by atoms with van der Waals surface area (Å²) >= 11 is 7.59. The highest BCUT2D eigenvalue weighted by molar-refractivity contribution is 7.99. The third-order valence-electron chi connectivity index (χ3n) is 2.43. The Hall–Kier alpha value is -1.23. The Morgan fingerprint density at radius 2 is 2.22 bits per heavy atom. The van der Waals surface area contributed by atoms with Gasteiger partial charge in [0.15, 0.2) is 0 Å². The number of pyridine rings is 1. The summed E-state index contributed by atoms with van der Waals surface area (Å²) in [6.07, 6.45) is 1.72. The summed E-state index contributed by atoms with van der Waals surface area (Å²) in [5.41, 5.74) is 6.77. The maximum absolute atomic E-state index is 6.10. The van der Waals surface area contributed by atoms with Crippen LogP contribution in [0.3, 0.4) is 0 Å². The van der Waals surface area contributed by atoms with Crippen LogP contribution in [0.4, 0.5) is 0 Å². The van der Waals surface area contributed by atoms with Gasteiger partial charge >= 0.3 is 0 Å². The Labute approximate surface area is 115 Å². The van der Waals surface area contributed by atoms with E-state index >= 15 is 0 Å². The van der Waals surface area contributed by atoms with Crippen LogP contribution in [0.5, 0.6) is 5.75 Å². The monoisotopic (exact) mass is 280 g/mol. The number of hydrogen-bond acceptors (Lipinski definition) is 4. The van der Waals surface area contributed by atoms with E-state index in [9.17, 15) is 0 Å². The van der Waals surface area contributed by atoms with Crippen LogP contribution in [0.15, 0.2) is 46.5 Å². The smallest absolute Gasteiger partial charge is 0.120 e. The van der Waals surface area contributed by atoms with Gasteiger partial charge in [0.1, 0.15) is 10.8 Å². The first-order chi connectivity index (χ1) is 8.74. The van der Waals surface area contributed by atoms with Crippen LogP contribution in [-0.2, 0) is 6.54 Å². The lowest BCUT2D eigenvalue weighted by Crippen LogP contribution is -1.99. The normalized spacial score (nSPS) is 10.4. The number of rotatable bonds is 4. The Balaban J connectivity index is 2.35. The van der Waals surface area contributed by atoms with Crippen molar-refractivity contribution >= 4 is 23.4 Å². The molecule has 0 bridgehead atoms. The third-order valence-corrected chi connectivity index (χ3v) is 3.96. The summed E-state index contributed by atoms with van der Waals surface area (Å²) in [6, 6.07) is 9.42. The minimum absolute atomic E-state index is 0.469. The first-order valence-electron chi connectivity index (χ1n) is 5.40. The number of aromatic nitrogens is 1. The Kier molecular flexibility index (Phi) is 4.47. The van der Waals surface area contributed by atoms with E-state index in [4.69, 9.17) is 22.1 Å². The Morgan fingerprint density at radius 1 is 1.39 bits per heavy atom. The second-order valence-electron chi connectivity index (χ2n) is 3.57. The van der Waals surface area contributed by atoms with E-state index in [1.54, 1.807) is 13.3 Å². The molecule has 0 spiro atoms. The maximum atomic E-state index is 6.10. The predicted molar refractivity (Wildman–Crippen MR) is 74.3 cm³/mol. The number of methoxy groups -OCH3 is 1. The third kappa shape index (κ3) is 2.96. The lowest BCUT2D eigenvalue weighted by molar-refractivity contribution is 0.413. The average Bonchev–Trinajstić information content (AvgIpc) is 2.41. The topological polar surface area (TPSA) is 48.1 Å². The molecule has 0 fully saturated rings. The SMILES string of the molecule is COc1ccc(CN)c(Sc2ncccc2Cl)c1. The van der Waals surface area contributed by atoms with Crippen LogP contribution in [0.25, 0.3) is 0 Å². The predicted octanol–water partition coefficient (Wildman–Crippen LogP) is 3.35. The molecule has 0 radical (unpaired) electrons. The molecule has 1 aromatic heterocycles. The zero-order valence-corrected chi connectivity index (χ0v) is 11.5. The van der Waals surface area contributed by atoms with Crippen molar-refractivity contribution in [3.8, 4) is 5.75 Å². The highest BCUT2D eigenvalue weighted by Gasteiger charge is 2.08. The number of hydrogen-bond donors (Lipinski definition) is 1. The van der Waals surface area contributed by atoms with Gasteiger partial charge in [-0.25, -0.2) is 4.98 Å². The second-order valence-corrected chi connectivity index (χ2v) is 5.01. The summed E-state index contributed by atoms with van der Waals surface area (Å²) in [4.78, 5) is 5.27. The lowest BCUT2D eigenvalue weighted by Gasteiger charge is -2.09. The Bertz CT molecular complexity index is 548. The van der Waals surface area contributed by atoms with Crippen molar-refractivity contribution in [2.24, 2.45) is 5.73 Å². The summed E-state index contributed by atoms with van der Waals surface area (Å²) in [5, 5.41) is 1.40. The molecule has 0 unspecified atom stereocenters. The van der Waals surface area contributed by atoms with Gasteiger partial charge in [0.2, 0.25) is 0 Å². The molecule has 2 N–H and O–H groups in total. The highest BCUT2D eigenvalue weighted by atomic mass is 35.5. The molecule has 0 aliphatic heterocycles. The maximum Gasteiger partial charge on any atom is 0.120 e. The van der Waals surface area contributed by atoms with Crippen molar-refractivity contribution in [3.63, 3.8) is 0 Å². The molecule has 0 atom stereocenters. The van der Waals surface area contributed by atoms with Gasteiger partial charge < -0.3 is 10.5 Å². The second kappa shape index (κ2) is 6.09. The highest BCUT2D eigenvalue weighted by Crippen LogP contribution is 2.35. The van der Waals surface area contributed by atoms with Gasteiger partial charge in [-0.3, -0.25) is 0 Å². The molecule has 0 saturated carbocycles. The summed E-state index contributed by atoms with van der Waals surface area (Å²) < 4.78 is 5.21. The molecule has 0 amide bonds. The quantitative estimate of drug-likeness (QED) is 0.933. The summed E-state index contributed by atoms with van der Waals surface area (Å²) in [7, 11) is 1.64. The van der Waals surface area contributed by atoms with Gasteiger partial charge in [0, 0.05) is 17.6 Å². The standard InChI is InChI=1S/C13H13ClN2OS/c1-17-10-5-4-9(8-15)12(7-10)18-13-11(14)3-2-6-16-13/h2-7H,8,15H2,1H3. The van der Waals surface area contributed by atoms with Crippen molar-refractivity contribution < 1.29 is 4.74 Å². The van der Waals surface area contributed by atoms with Crippen molar-refractivity contribution in [3.05, 3.63) is 47.1 Å². The largest absolute Gasteiger partial charge is 0.497 e. The van der Waals surface area contributed by atoms with E-state index in [-0.39, 0.29) is 0 Å². The number of ether oxygens (including phenoxy) is 1. The van der Waals surface area contributed by atoms with Crippen molar-refractivity contribution in [2.45, 2.75) is 16.5 Å².